The Kier molecular flexibility index (Phi) is 4.30. The maximum Gasteiger partial charge on any atom is 0.239 e. The van der Waals surface area contributed by atoms with E-state index in [4.69, 9.17) is 5.73 Å². The zero-order valence-electron chi connectivity index (χ0n) is 11.8. The molecule has 0 aromatic heterocycles. The number of nitrogen functional groups attached to an aromatic ring is 1. The Hall–Kier alpha value is -1.71. The molecule has 0 radical (unpaired) electrons. The smallest absolute Gasteiger partial charge is 0.239 e. The van der Waals surface area contributed by atoms with Gasteiger partial charge in [0, 0.05) is 29.5 Å². The van der Waals surface area contributed by atoms with Gasteiger partial charge in [0.1, 0.15) is 0 Å². The van der Waals surface area contributed by atoms with Gasteiger partial charge in [0.15, 0.2) is 0 Å². The van der Waals surface area contributed by atoms with Gasteiger partial charge in [-0.05, 0) is 31.9 Å². The largest absolute Gasteiger partial charge is 0.398 e. The second-order valence-electron chi connectivity index (χ2n) is 5.27. The van der Waals surface area contributed by atoms with Crippen molar-refractivity contribution in [1.29, 1.82) is 0 Å². The molecule has 4 heteroatoms. The highest BCUT2D eigenvalue weighted by atomic mass is 16.2. The summed E-state index contributed by atoms with van der Waals surface area (Å²) in [5, 5.41) is 3.04. The van der Waals surface area contributed by atoms with E-state index in [0.29, 0.717) is 6.54 Å². The van der Waals surface area contributed by atoms with E-state index < -0.39 is 0 Å². The van der Waals surface area contributed by atoms with Crippen LogP contribution < -0.4 is 16.0 Å². The molecule has 0 bridgehead atoms. The first-order valence-corrected chi connectivity index (χ1v) is 7.03. The van der Waals surface area contributed by atoms with E-state index in [2.05, 4.69) is 24.1 Å². The minimum Gasteiger partial charge on any atom is -0.398 e. The van der Waals surface area contributed by atoms with E-state index in [1.54, 1.807) is 0 Å². The maximum atomic E-state index is 12.0. The van der Waals surface area contributed by atoms with Crippen LogP contribution in [0.4, 0.5) is 11.4 Å². The van der Waals surface area contributed by atoms with Crippen LogP contribution in [0.5, 0.6) is 0 Å². The lowest BCUT2D eigenvalue weighted by molar-refractivity contribution is -0.120. The minimum atomic E-state index is 0.0937. The van der Waals surface area contributed by atoms with Crippen molar-refractivity contribution in [3.63, 3.8) is 0 Å². The van der Waals surface area contributed by atoms with E-state index in [-0.39, 0.29) is 11.9 Å². The number of anilines is 2. The van der Waals surface area contributed by atoms with E-state index >= 15 is 0 Å². The summed E-state index contributed by atoms with van der Waals surface area (Å²) in [4.78, 5) is 14.1. The van der Waals surface area contributed by atoms with Gasteiger partial charge in [-0.25, -0.2) is 0 Å². The molecule has 0 saturated heterocycles. The second kappa shape index (κ2) is 5.95. The number of rotatable bonds is 5. The van der Waals surface area contributed by atoms with Gasteiger partial charge in [0.25, 0.3) is 0 Å². The van der Waals surface area contributed by atoms with Gasteiger partial charge in [0.05, 0.1) is 6.54 Å². The van der Waals surface area contributed by atoms with Crippen molar-refractivity contribution < 1.29 is 4.79 Å². The molecule has 1 aromatic carbocycles. The van der Waals surface area contributed by atoms with Crippen molar-refractivity contribution in [2.45, 2.75) is 39.2 Å². The molecule has 0 aliphatic carbocycles. The fourth-order valence-corrected chi connectivity index (χ4v) is 2.69. The zero-order chi connectivity index (χ0) is 13.8. The van der Waals surface area contributed by atoms with Crippen molar-refractivity contribution in [3.05, 3.63) is 23.8 Å². The number of carbonyl (C=O) groups is 1. The first kappa shape index (κ1) is 13.7. The molecular formula is C15H23N3O. The van der Waals surface area contributed by atoms with Crippen molar-refractivity contribution in [3.8, 4) is 0 Å². The number of hydrogen-bond acceptors (Lipinski definition) is 3. The standard InChI is InChI=1S/C15H23N3O/c1-3-5-11(2)17-15(19)10-18-9-8-12-13(16)6-4-7-14(12)18/h4,6-7,11H,3,5,8-10,16H2,1-2H3,(H,17,19). The predicted molar refractivity (Wildman–Crippen MR) is 79.3 cm³/mol. The van der Waals surface area contributed by atoms with Crippen LogP contribution in [0.25, 0.3) is 0 Å². The molecule has 0 spiro atoms. The molecule has 1 aliphatic heterocycles. The Morgan fingerprint density at radius 3 is 3.05 bits per heavy atom. The Balaban J connectivity index is 1.96. The molecule has 19 heavy (non-hydrogen) atoms. The average Bonchev–Trinajstić information content (AvgIpc) is 2.74. The Morgan fingerprint density at radius 1 is 1.53 bits per heavy atom. The summed E-state index contributed by atoms with van der Waals surface area (Å²) >= 11 is 0. The Morgan fingerprint density at radius 2 is 2.32 bits per heavy atom. The molecule has 4 nitrogen and oxygen atoms in total. The quantitative estimate of drug-likeness (QED) is 0.796. The first-order valence-electron chi connectivity index (χ1n) is 7.03. The highest BCUT2D eigenvalue weighted by Crippen LogP contribution is 2.31. The lowest BCUT2D eigenvalue weighted by atomic mass is 10.1. The fourth-order valence-electron chi connectivity index (χ4n) is 2.69. The highest BCUT2D eigenvalue weighted by molar-refractivity contribution is 5.83. The molecule has 0 fully saturated rings. The topological polar surface area (TPSA) is 58.4 Å². The van der Waals surface area contributed by atoms with E-state index in [0.717, 1.165) is 37.2 Å². The molecule has 1 atom stereocenters. The van der Waals surface area contributed by atoms with E-state index in [1.807, 2.05) is 18.2 Å². The summed E-state index contributed by atoms with van der Waals surface area (Å²) in [5.74, 6) is 0.0937. The first-order chi connectivity index (χ1) is 9.11. The summed E-state index contributed by atoms with van der Waals surface area (Å²) in [5.41, 5.74) is 9.08. The SMILES string of the molecule is CCCC(C)NC(=O)CN1CCc2c(N)cccc21. The third kappa shape index (κ3) is 3.19. The fraction of sp³-hybridized carbons (Fsp3) is 0.533. The summed E-state index contributed by atoms with van der Waals surface area (Å²) in [6.45, 7) is 5.48. The van der Waals surface area contributed by atoms with Crippen LogP contribution in [-0.2, 0) is 11.2 Å². The number of nitrogens with two attached hydrogens (primary N) is 1. The van der Waals surface area contributed by atoms with Crippen LogP contribution in [0.1, 0.15) is 32.3 Å². The van der Waals surface area contributed by atoms with Crippen LogP contribution in [0.2, 0.25) is 0 Å². The lowest BCUT2D eigenvalue weighted by Crippen LogP contribution is -2.40. The summed E-state index contributed by atoms with van der Waals surface area (Å²) in [6.07, 6.45) is 3.04. The van der Waals surface area contributed by atoms with E-state index in [9.17, 15) is 4.79 Å². The molecule has 104 valence electrons. The number of benzene rings is 1. The minimum absolute atomic E-state index is 0.0937. The van der Waals surface area contributed by atoms with Crippen LogP contribution >= 0.6 is 0 Å². The third-order valence-corrected chi connectivity index (χ3v) is 3.62. The zero-order valence-corrected chi connectivity index (χ0v) is 11.8. The molecule has 1 unspecified atom stereocenters. The molecular weight excluding hydrogens is 238 g/mol. The predicted octanol–water partition coefficient (Wildman–Crippen LogP) is 1.94. The van der Waals surface area contributed by atoms with Gasteiger partial charge in [-0.15, -0.1) is 0 Å². The van der Waals surface area contributed by atoms with Crippen molar-refractivity contribution in [1.82, 2.24) is 5.32 Å². The monoisotopic (exact) mass is 261 g/mol. The van der Waals surface area contributed by atoms with Crippen molar-refractivity contribution >= 4 is 17.3 Å². The maximum absolute atomic E-state index is 12.0. The molecule has 1 aliphatic rings. The number of nitrogens with zero attached hydrogens (tertiary/aromatic N) is 1. The summed E-state index contributed by atoms with van der Waals surface area (Å²) in [6, 6.07) is 6.16. The third-order valence-electron chi connectivity index (χ3n) is 3.62. The van der Waals surface area contributed by atoms with Gasteiger partial charge in [-0.1, -0.05) is 19.4 Å². The summed E-state index contributed by atoms with van der Waals surface area (Å²) < 4.78 is 0. The van der Waals surface area contributed by atoms with Crippen molar-refractivity contribution in [2.24, 2.45) is 0 Å². The van der Waals surface area contributed by atoms with Gasteiger partial charge in [-0.3, -0.25) is 4.79 Å². The van der Waals surface area contributed by atoms with Crippen LogP contribution in [0.3, 0.4) is 0 Å². The second-order valence-corrected chi connectivity index (χ2v) is 5.27. The number of nitrogens with one attached hydrogen (secondary N) is 1. The molecule has 3 N–H and O–H groups in total. The molecule has 1 heterocycles. The Bertz CT molecular complexity index is 459. The molecule has 2 rings (SSSR count). The highest BCUT2D eigenvalue weighted by Gasteiger charge is 2.22. The van der Waals surface area contributed by atoms with Gasteiger partial charge < -0.3 is 16.0 Å². The van der Waals surface area contributed by atoms with Crippen LogP contribution in [-0.4, -0.2) is 25.0 Å². The molecule has 1 amide bonds. The number of fused-ring (bicyclic) bond motifs is 1. The normalized spacial score (nSPS) is 15.2. The number of carbonyl (C=O) groups excluding carboxylic acids is 1. The Labute approximate surface area is 115 Å². The molecule has 0 saturated carbocycles. The number of hydrogen-bond donors (Lipinski definition) is 2. The van der Waals surface area contributed by atoms with Crippen LogP contribution in [0, 0.1) is 0 Å². The van der Waals surface area contributed by atoms with Crippen molar-refractivity contribution in [2.75, 3.05) is 23.7 Å². The van der Waals surface area contributed by atoms with Gasteiger partial charge in [-0.2, -0.15) is 0 Å². The molecule has 1 aromatic rings. The van der Waals surface area contributed by atoms with Gasteiger partial charge in [0.2, 0.25) is 5.91 Å². The number of amides is 1. The lowest BCUT2D eigenvalue weighted by Gasteiger charge is -2.20. The average molecular weight is 261 g/mol. The van der Waals surface area contributed by atoms with Crippen LogP contribution in [0.15, 0.2) is 18.2 Å². The summed E-state index contributed by atoms with van der Waals surface area (Å²) in [7, 11) is 0. The van der Waals surface area contributed by atoms with Gasteiger partial charge >= 0.3 is 0 Å². The van der Waals surface area contributed by atoms with E-state index in [1.165, 1.54) is 5.56 Å².